The first kappa shape index (κ1) is 49.6. The van der Waals surface area contributed by atoms with Gasteiger partial charge in [-0.2, -0.15) is 0 Å². The minimum absolute atomic E-state index is 0.454. The van der Waals surface area contributed by atoms with E-state index in [4.69, 9.17) is 28.1 Å². The van der Waals surface area contributed by atoms with E-state index in [1.807, 2.05) is 14.2 Å². The van der Waals surface area contributed by atoms with Gasteiger partial charge in [0.05, 0.1) is 36.6 Å². The molecule has 6 rings (SSSR count). The standard InChI is InChI=1S/C52H86B2O6Si2/c1-15-19-23-27-31-61(32-28-24-20-16-2)45-37-43(55-13)41(53-57-49(5,6)50(7,8)58-53)35-39(45)48-47(61)40-36-42(54-59-51(9,10)52(11,12)60-54)44(56-14)38-46(40)62(48,33-29-25-21-17-3)34-30-26-22-18-4/h35-38H,15-34H2,1-14H3. The summed E-state index contributed by atoms with van der Waals surface area (Å²) < 4.78 is 40.5. The summed E-state index contributed by atoms with van der Waals surface area (Å²) in [6.45, 7) is 26.7. The Balaban J connectivity index is 1.70. The highest BCUT2D eigenvalue weighted by Crippen LogP contribution is 2.56. The van der Waals surface area contributed by atoms with E-state index in [9.17, 15) is 0 Å². The predicted molar refractivity (Wildman–Crippen MR) is 271 cm³/mol. The number of methoxy groups -OCH3 is 2. The van der Waals surface area contributed by atoms with E-state index in [1.165, 1.54) is 138 Å². The van der Waals surface area contributed by atoms with Crippen molar-refractivity contribution in [3.63, 3.8) is 0 Å². The highest BCUT2D eigenvalue weighted by atomic mass is 28.3. The average Bonchev–Trinajstić information content (AvgIpc) is 3.83. The number of unbranched alkanes of at least 4 members (excludes halogenated alkanes) is 12. The molecule has 6 nitrogen and oxygen atoms in total. The summed E-state index contributed by atoms with van der Waals surface area (Å²) in [5.41, 5.74) is 3.32. The fraction of sp³-hybridized carbons (Fsp3) is 0.731. The van der Waals surface area contributed by atoms with Crippen LogP contribution in [0.2, 0.25) is 24.2 Å². The molecule has 0 aliphatic carbocycles. The number of fused-ring (bicyclic) bond motifs is 4. The SMILES string of the molecule is CCCCCC[Si]1(CCCCCC)C2=C(c3cc(B4OC(C)(C)C(C)(C)O4)c(OC)cc31)[Si](CCCCCC)(CCCCCC)c1cc(OC)c(B3OC(C)(C)C(C)(C)O3)cc12. The largest absolute Gasteiger partial charge is 0.498 e. The molecule has 4 heterocycles. The van der Waals surface area contributed by atoms with Gasteiger partial charge in [0.1, 0.15) is 27.6 Å². The molecule has 0 aromatic heterocycles. The van der Waals surface area contributed by atoms with Crippen molar-refractivity contribution in [2.24, 2.45) is 0 Å². The zero-order valence-electron chi connectivity index (χ0n) is 42.1. The Morgan fingerprint density at radius 2 is 0.694 bits per heavy atom. The quantitative estimate of drug-likeness (QED) is 0.0773. The molecular formula is C52H86B2O6Si2. The van der Waals surface area contributed by atoms with Crippen LogP contribution in [0.5, 0.6) is 11.5 Å². The molecule has 62 heavy (non-hydrogen) atoms. The van der Waals surface area contributed by atoms with Crippen LogP contribution in [0.25, 0.3) is 10.4 Å². The lowest BCUT2D eigenvalue weighted by Crippen LogP contribution is -2.52. The topological polar surface area (TPSA) is 55.4 Å². The molecule has 2 aromatic rings. The summed E-state index contributed by atoms with van der Waals surface area (Å²) in [7, 11) is -2.12. The number of benzene rings is 2. The van der Waals surface area contributed by atoms with Crippen LogP contribution in [0.15, 0.2) is 24.3 Å². The number of ether oxygens (including phenoxy) is 2. The summed E-state index contributed by atoms with van der Waals surface area (Å²) in [4.78, 5) is 0. The van der Waals surface area contributed by atoms with Gasteiger partial charge in [-0.25, -0.2) is 0 Å². The molecule has 2 fully saturated rings. The second-order valence-corrected chi connectivity index (χ2v) is 30.0. The Hall–Kier alpha value is -1.82. The minimum Gasteiger partial charge on any atom is -0.497 e. The molecule has 0 bridgehead atoms. The van der Waals surface area contributed by atoms with Gasteiger partial charge in [0.25, 0.3) is 0 Å². The Morgan fingerprint density at radius 1 is 0.419 bits per heavy atom. The maximum atomic E-state index is 6.89. The molecule has 2 aromatic carbocycles. The molecule has 0 spiro atoms. The lowest BCUT2D eigenvalue weighted by atomic mass is 9.77. The highest BCUT2D eigenvalue weighted by Gasteiger charge is 2.60. The van der Waals surface area contributed by atoms with Gasteiger partial charge in [0.2, 0.25) is 0 Å². The second kappa shape index (κ2) is 20.0. The van der Waals surface area contributed by atoms with Crippen molar-refractivity contribution < 1.29 is 28.1 Å². The molecule has 0 unspecified atom stereocenters. The van der Waals surface area contributed by atoms with Crippen molar-refractivity contribution in [3.8, 4) is 11.5 Å². The zero-order valence-corrected chi connectivity index (χ0v) is 44.1. The minimum atomic E-state index is -2.42. The highest BCUT2D eigenvalue weighted by molar-refractivity contribution is 7.21. The van der Waals surface area contributed by atoms with Crippen LogP contribution in [0, 0.1) is 0 Å². The van der Waals surface area contributed by atoms with Crippen LogP contribution in [0.3, 0.4) is 0 Å². The molecule has 10 heteroatoms. The van der Waals surface area contributed by atoms with Gasteiger partial charge in [0.15, 0.2) is 0 Å². The van der Waals surface area contributed by atoms with Gasteiger partial charge in [-0.15, -0.1) is 0 Å². The summed E-state index contributed by atoms with van der Waals surface area (Å²) in [5, 5.41) is 6.79. The third-order valence-corrected chi connectivity index (χ3v) is 27.3. The zero-order chi connectivity index (χ0) is 45.1. The summed E-state index contributed by atoms with van der Waals surface area (Å²) >= 11 is 0. The second-order valence-electron chi connectivity index (χ2n) is 21.6. The van der Waals surface area contributed by atoms with Crippen LogP contribution in [0.4, 0.5) is 0 Å². The molecule has 0 atom stereocenters. The molecule has 344 valence electrons. The Kier molecular flexibility index (Phi) is 16.0. The smallest absolute Gasteiger partial charge is 0.497 e. The van der Waals surface area contributed by atoms with E-state index in [1.54, 1.807) is 20.8 Å². The third kappa shape index (κ3) is 9.15. The lowest BCUT2D eigenvalue weighted by molar-refractivity contribution is 0.00578. The molecule has 0 amide bonds. The maximum Gasteiger partial charge on any atom is 0.498 e. The van der Waals surface area contributed by atoms with E-state index in [0.717, 1.165) is 22.4 Å². The monoisotopic (exact) mass is 885 g/mol. The molecule has 0 saturated carbocycles. The van der Waals surface area contributed by atoms with Crippen LogP contribution in [-0.4, -0.2) is 67.0 Å². The van der Waals surface area contributed by atoms with Gasteiger partial charge < -0.3 is 28.1 Å². The lowest BCUT2D eigenvalue weighted by Gasteiger charge is -2.36. The van der Waals surface area contributed by atoms with E-state index >= 15 is 0 Å². The average molecular weight is 885 g/mol. The van der Waals surface area contributed by atoms with Crippen LogP contribution >= 0.6 is 0 Å². The van der Waals surface area contributed by atoms with Crippen LogP contribution < -0.4 is 30.8 Å². The first-order valence-electron chi connectivity index (χ1n) is 25.4. The van der Waals surface area contributed by atoms with Crippen molar-refractivity contribution >= 4 is 62.1 Å². The van der Waals surface area contributed by atoms with Gasteiger partial charge in [-0.1, -0.05) is 143 Å². The van der Waals surface area contributed by atoms with Gasteiger partial charge in [-0.05, 0) is 124 Å². The van der Waals surface area contributed by atoms with Crippen LogP contribution in [0.1, 0.15) is 197 Å². The fourth-order valence-corrected chi connectivity index (χ4v) is 24.4. The number of rotatable bonds is 24. The van der Waals surface area contributed by atoms with Gasteiger partial charge in [-0.3, -0.25) is 0 Å². The van der Waals surface area contributed by atoms with E-state index < -0.39 is 52.8 Å². The van der Waals surface area contributed by atoms with Crippen molar-refractivity contribution in [1.82, 2.24) is 0 Å². The molecular weight excluding hydrogens is 798 g/mol. The summed E-state index contributed by atoms with van der Waals surface area (Å²) in [6.07, 6.45) is 20.3. The summed E-state index contributed by atoms with van der Waals surface area (Å²) in [5.74, 6) is 1.85. The van der Waals surface area contributed by atoms with Gasteiger partial charge >= 0.3 is 14.2 Å². The maximum absolute atomic E-state index is 6.89. The fourth-order valence-electron chi connectivity index (χ4n) is 11.3. The molecule has 2 saturated heterocycles. The number of hydrogen-bond acceptors (Lipinski definition) is 6. The van der Waals surface area contributed by atoms with E-state index in [-0.39, 0.29) is 0 Å². The van der Waals surface area contributed by atoms with Gasteiger partial charge in [0, 0.05) is 10.9 Å². The van der Waals surface area contributed by atoms with Crippen molar-refractivity contribution in [2.45, 2.75) is 232 Å². The Morgan fingerprint density at radius 3 is 0.935 bits per heavy atom. The van der Waals surface area contributed by atoms with Crippen LogP contribution in [-0.2, 0) is 18.6 Å². The Labute approximate surface area is 382 Å². The predicted octanol–water partition coefficient (Wildman–Crippen LogP) is 12.0. The number of hydrogen-bond donors (Lipinski definition) is 0. The van der Waals surface area contributed by atoms with E-state index in [0.29, 0.717) is 0 Å². The van der Waals surface area contributed by atoms with Crippen molar-refractivity contribution in [1.29, 1.82) is 0 Å². The first-order valence-corrected chi connectivity index (χ1v) is 30.2. The summed E-state index contributed by atoms with van der Waals surface area (Å²) in [6, 6.07) is 15.3. The molecule has 0 radical (unpaired) electrons. The van der Waals surface area contributed by atoms with E-state index in [2.05, 4.69) is 107 Å². The molecule has 0 N–H and O–H groups in total. The third-order valence-electron chi connectivity index (χ3n) is 16.4. The molecule has 4 aliphatic rings. The van der Waals surface area contributed by atoms with Crippen molar-refractivity contribution in [3.05, 3.63) is 35.4 Å². The Bertz CT molecular complexity index is 1700. The normalized spacial score (nSPS) is 20.8. The molecule has 4 aliphatic heterocycles. The first-order chi connectivity index (χ1) is 29.4. The van der Waals surface area contributed by atoms with Crippen molar-refractivity contribution in [2.75, 3.05) is 14.2 Å².